The van der Waals surface area contributed by atoms with Crippen LogP contribution in [-0.2, 0) is 5.41 Å². The fourth-order valence-electron chi connectivity index (χ4n) is 10.7. The first kappa shape index (κ1) is 31.5. The van der Waals surface area contributed by atoms with Crippen molar-refractivity contribution in [3.05, 3.63) is 175 Å². The van der Waals surface area contributed by atoms with Crippen molar-refractivity contribution in [2.75, 3.05) is 14.7 Å². The topological polar surface area (TPSA) is 9.72 Å². The standard InChI is InChI=1S/C50H42BN3/c1-49-29-17-18-30-50(49,2)54-46-34-40(52(37-21-9-4-10-22-37)38-23-11-5-12-24-38)33-45-47(46)51(42-27-15-16-28-44(42)53(45)39-25-13-6-14-26-39)43-32-36(31-41(49)48(43)54)35-19-7-3-8-20-35/h3-16,19-28,31-34H,17-18,29-30H2,1-2H3. The van der Waals surface area contributed by atoms with Gasteiger partial charge >= 0.3 is 0 Å². The van der Waals surface area contributed by atoms with Crippen LogP contribution in [0.4, 0.5) is 45.5 Å². The van der Waals surface area contributed by atoms with Gasteiger partial charge in [0, 0.05) is 45.2 Å². The maximum Gasteiger partial charge on any atom is 0.252 e. The summed E-state index contributed by atoms with van der Waals surface area (Å²) in [5, 5.41) is 0. The number of rotatable bonds is 5. The highest BCUT2D eigenvalue weighted by atomic mass is 15.3. The van der Waals surface area contributed by atoms with Crippen LogP contribution in [-0.4, -0.2) is 12.3 Å². The van der Waals surface area contributed by atoms with E-state index < -0.39 is 0 Å². The van der Waals surface area contributed by atoms with Gasteiger partial charge < -0.3 is 14.7 Å². The van der Waals surface area contributed by atoms with Gasteiger partial charge in [0.15, 0.2) is 0 Å². The van der Waals surface area contributed by atoms with Gasteiger partial charge in [-0.3, -0.25) is 0 Å². The fourth-order valence-corrected chi connectivity index (χ4v) is 10.7. The fraction of sp³-hybridized carbons (Fsp3) is 0.160. The highest BCUT2D eigenvalue weighted by molar-refractivity contribution is 7.00. The van der Waals surface area contributed by atoms with Crippen LogP contribution in [0, 0.1) is 0 Å². The molecule has 4 aliphatic rings. The summed E-state index contributed by atoms with van der Waals surface area (Å²) >= 11 is 0. The molecule has 4 heteroatoms. The van der Waals surface area contributed by atoms with Crippen molar-refractivity contribution in [1.29, 1.82) is 0 Å². The van der Waals surface area contributed by atoms with E-state index in [4.69, 9.17) is 0 Å². The predicted octanol–water partition coefficient (Wildman–Crippen LogP) is 11.2. The van der Waals surface area contributed by atoms with E-state index in [1.165, 1.54) is 86.5 Å². The zero-order valence-corrected chi connectivity index (χ0v) is 30.9. The molecule has 0 aromatic heterocycles. The molecule has 1 fully saturated rings. The van der Waals surface area contributed by atoms with Crippen LogP contribution in [0.1, 0.15) is 45.1 Å². The maximum absolute atomic E-state index is 2.84. The largest absolute Gasteiger partial charge is 0.335 e. The van der Waals surface area contributed by atoms with E-state index in [1.807, 2.05) is 0 Å². The molecule has 0 saturated heterocycles. The monoisotopic (exact) mass is 695 g/mol. The Kier molecular flexibility index (Phi) is 6.86. The Balaban J connectivity index is 1.28. The van der Waals surface area contributed by atoms with E-state index >= 15 is 0 Å². The molecule has 3 nitrogen and oxygen atoms in total. The Labute approximate surface area is 319 Å². The van der Waals surface area contributed by atoms with Gasteiger partial charge in [0.2, 0.25) is 0 Å². The van der Waals surface area contributed by atoms with Gasteiger partial charge in [-0.25, -0.2) is 0 Å². The molecule has 7 aromatic carbocycles. The summed E-state index contributed by atoms with van der Waals surface area (Å²) in [4.78, 5) is 7.83. The molecule has 54 heavy (non-hydrogen) atoms. The lowest BCUT2D eigenvalue weighted by Crippen LogP contribution is -2.64. The Bertz CT molecular complexity index is 2520. The minimum atomic E-state index is -0.0894. The van der Waals surface area contributed by atoms with Crippen LogP contribution >= 0.6 is 0 Å². The van der Waals surface area contributed by atoms with Gasteiger partial charge in [-0.1, -0.05) is 129 Å². The summed E-state index contributed by atoms with van der Waals surface area (Å²) in [5.74, 6) is 0. The first-order valence-corrected chi connectivity index (χ1v) is 19.6. The average molecular weight is 696 g/mol. The van der Waals surface area contributed by atoms with Crippen LogP contribution in [0.5, 0.6) is 0 Å². The normalized spacial score (nSPS) is 20.1. The molecule has 0 spiro atoms. The van der Waals surface area contributed by atoms with Gasteiger partial charge in [-0.2, -0.15) is 0 Å². The Hall–Kier alpha value is -6.00. The summed E-state index contributed by atoms with van der Waals surface area (Å²) in [5.41, 5.74) is 18.2. The molecule has 2 atom stereocenters. The van der Waals surface area contributed by atoms with Crippen molar-refractivity contribution >= 4 is 68.6 Å². The van der Waals surface area contributed by atoms with Gasteiger partial charge in [0.1, 0.15) is 0 Å². The molecule has 3 heterocycles. The summed E-state index contributed by atoms with van der Waals surface area (Å²) < 4.78 is 0. The van der Waals surface area contributed by atoms with Crippen LogP contribution in [0.2, 0.25) is 0 Å². The van der Waals surface area contributed by atoms with Crippen molar-refractivity contribution in [2.24, 2.45) is 0 Å². The van der Waals surface area contributed by atoms with Crippen LogP contribution in [0.3, 0.4) is 0 Å². The molecular weight excluding hydrogens is 653 g/mol. The number of benzene rings is 7. The third-order valence-electron chi connectivity index (χ3n) is 13.3. The van der Waals surface area contributed by atoms with Crippen LogP contribution in [0.15, 0.2) is 170 Å². The number of hydrogen-bond donors (Lipinski definition) is 0. The van der Waals surface area contributed by atoms with E-state index in [-0.39, 0.29) is 17.7 Å². The first-order chi connectivity index (χ1) is 26.5. The molecule has 11 rings (SSSR count). The SMILES string of the molecule is CC12CCCCC1(C)N1c3cc(N(c4ccccc4)c4ccccc4)cc4c3B(c3ccccc3N4c3ccccc3)c3cc(-c4ccccc4)cc2c31. The molecule has 1 aliphatic carbocycles. The molecule has 0 amide bonds. The minimum absolute atomic E-state index is 0.00626. The highest BCUT2D eigenvalue weighted by Crippen LogP contribution is 2.62. The summed E-state index contributed by atoms with van der Waals surface area (Å²) in [6.45, 7) is 5.25. The zero-order chi connectivity index (χ0) is 36.0. The van der Waals surface area contributed by atoms with E-state index in [0.29, 0.717) is 0 Å². The number of anilines is 8. The first-order valence-electron chi connectivity index (χ1n) is 19.6. The van der Waals surface area contributed by atoms with Crippen molar-refractivity contribution in [3.63, 3.8) is 0 Å². The van der Waals surface area contributed by atoms with Crippen molar-refractivity contribution in [1.82, 2.24) is 0 Å². The highest BCUT2D eigenvalue weighted by Gasteiger charge is 2.61. The second kappa shape index (κ2) is 11.8. The van der Waals surface area contributed by atoms with E-state index in [0.717, 1.165) is 17.8 Å². The smallest absolute Gasteiger partial charge is 0.252 e. The second-order valence-corrected chi connectivity index (χ2v) is 16.0. The third-order valence-corrected chi connectivity index (χ3v) is 13.3. The Morgan fingerprint density at radius 2 is 1.11 bits per heavy atom. The summed E-state index contributed by atoms with van der Waals surface area (Å²) in [6.07, 6.45) is 4.83. The minimum Gasteiger partial charge on any atom is -0.335 e. The Morgan fingerprint density at radius 1 is 0.519 bits per heavy atom. The van der Waals surface area contributed by atoms with Crippen LogP contribution < -0.4 is 31.1 Å². The lowest BCUT2D eigenvalue weighted by Gasteiger charge is -2.53. The van der Waals surface area contributed by atoms with Gasteiger partial charge in [-0.15, -0.1) is 0 Å². The molecule has 0 N–H and O–H groups in total. The second-order valence-electron chi connectivity index (χ2n) is 16.0. The number of hydrogen-bond acceptors (Lipinski definition) is 3. The van der Waals surface area contributed by atoms with Gasteiger partial charge in [0.05, 0.1) is 11.2 Å². The third kappa shape index (κ3) is 4.31. The summed E-state index contributed by atoms with van der Waals surface area (Å²) in [6, 6.07) is 63.1. The van der Waals surface area contributed by atoms with Crippen molar-refractivity contribution in [2.45, 2.75) is 50.5 Å². The zero-order valence-electron chi connectivity index (χ0n) is 30.9. The average Bonchev–Trinajstić information content (AvgIpc) is 3.44. The Morgan fingerprint density at radius 3 is 1.81 bits per heavy atom. The quantitative estimate of drug-likeness (QED) is 0.166. The number of para-hydroxylation sites is 4. The van der Waals surface area contributed by atoms with E-state index in [9.17, 15) is 0 Å². The molecular formula is C50H42BN3. The van der Waals surface area contributed by atoms with Crippen molar-refractivity contribution < 1.29 is 0 Å². The molecule has 7 aromatic rings. The molecule has 0 radical (unpaired) electrons. The molecule has 0 bridgehead atoms. The van der Waals surface area contributed by atoms with Crippen molar-refractivity contribution in [3.8, 4) is 11.1 Å². The van der Waals surface area contributed by atoms with Gasteiger partial charge in [0.25, 0.3) is 6.71 Å². The molecule has 260 valence electrons. The maximum atomic E-state index is 2.84. The molecule has 2 unspecified atom stereocenters. The molecule has 1 saturated carbocycles. The number of fused-ring (bicyclic) bond motifs is 7. The van der Waals surface area contributed by atoms with E-state index in [2.05, 4.69) is 198 Å². The van der Waals surface area contributed by atoms with E-state index in [1.54, 1.807) is 0 Å². The lowest BCUT2D eigenvalue weighted by atomic mass is 9.33. The lowest BCUT2D eigenvalue weighted by molar-refractivity contribution is 0.195. The molecule has 3 aliphatic heterocycles. The van der Waals surface area contributed by atoms with Gasteiger partial charge in [-0.05, 0) is 114 Å². The van der Waals surface area contributed by atoms with Crippen LogP contribution in [0.25, 0.3) is 11.1 Å². The summed E-state index contributed by atoms with van der Waals surface area (Å²) in [7, 11) is 0. The predicted molar refractivity (Wildman–Crippen MR) is 229 cm³/mol. The number of nitrogens with zero attached hydrogens (tertiary/aromatic N) is 3.